The van der Waals surface area contributed by atoms with Gasteiger partial charge in [-0.2, -0.15) is 0 Å². The summed E-state index contributed by atoms with van der Waals surface area (Å²) < 4.78 is 1.15. The van der Waals surface area contributed by atoms with Crippen LogP contribution in [-0.4, -0.2) is 10.8 Å². The second-order valence-corrected chi connectivity index (χ2v) is 6.46. The predicted molar refractivity (Wildman–Crippen MR) is 81.3 cm³/mol. The monoisotopic (exact) mass is 374 g/mol. The third-order valence-corrected chi connectivity index (χ3v) is 4.38. The summed E-state index contributed by atoms with van der Waals surface area (Å²) >= 11 is 10.4. The van der Waals surface area contributed by atoms with Gasteiger partial charge in [-0.25, -0.2) is 0 Å². The molecule has 1 aromatic heterocycles. The van der Waals surface area contributed by atoms with Crippen LogP contribution < -0.4 is 5.32 Å². The lowest BCUT2D eigenvalue weighted by Crippen LogP contribution is -2.22. The van der Waals surface area contributed by atoms with E-state index in [0.717, 1.165) is 4.88 Å². The summed E-state index contributed by atoms with van der Waals surface area (Å²) in [5.41, 5.74) is 0.0966. The van der Waals surface area contributed by atoms with Gasteiger partial charge in [-0.1, -0.05) is 11.6 Å². The highest BCUT2D eigenvalue weighted by Crippen LogP contribution is 2.24. The van der Waals surface area contributed by atoms with Crippen molar-refractivity contribution in [3.05, 3.63) is 59.7 Å². The first kappa shape index (κ1) is 15.0. The van der Waals surface area contributed by atoms with E-state index in [1.807, 2.05) is 6.07 Å². The summed E-state index contributed by atoms with van der Waals surface area (Å²) in [6.45, 7) is 0.325. The number of carbonyl (C=O) groups excluding carboxylic acids is 1. The van der Waals surface area contributed by atoms with E-state index in [-0.39, 0.29) is 17.2 Å². The van der Waals surface area contributed by atoms with Crippen molar-refractivity contribution in [1.82, 2.24) is 5.32 Å². The molecule has 1 heterocycles. The van der Waals surface area contributed by atoms with Gasteiger partial charge in [0.2, 0.25) is 0 Å². The van der Waals surface area contributed by atoms with Gasteiger partial charge in [0.1, 0.15) is 0 Å². The van der Waals surface area contributed by atoms with Crippen molar-refractivity contribution in [2.45, 2.75) is 6.54 Å². The van der Waals surface area contributed by atoms with Crippen LogP contribution in [0.2, 0.25) is 4.34 Å². The SMILES string of the molecule is O=C(NCc1ccc(Cl)s1)c1cc([N+](=O)[O-])ccc1Br. The van der Waals surface area contributed by atoms with Crippen LogP contribution in [0.15, 0.2) is 34.8 Å². The first-order valence-corrected chi connectivity index (χ1v) is 7.42. The van der Waals surface area contributed by atoms with E-state index >= 15 is 0 Å². The molecule has 0 aliphatic rings. The number of rotatable bonds is 4. The van der Waals surface area contributed by atoms with Gasteiger partial charge < -0.3 is 5.32 Å². The largest absolute Gasteiger partial charge is 0.347 e. The van der Waals surface area contributed by atoms with Gasteiger partial charge in [-0.05, 0) is 34.1 Å². The molecule has 0 fully saturated rings. The molecule has 1 aromatic carbocycles. The third-order valence-electron chi connectivity index (χ3n) is 2.46. The van der Waals surface area contributed by atoms with Crippen LogP contribution in [0, 0.1) is 10.1 Å². The van der Waals surface area contributed by atoms with E-state index < -0.39 is 4.92 Å². The maximum Gasteiger partial charge on any atom is 0.270 e. The fourth-order valence-corrected chi connectivity index (χ4v) is 2.96. The zero-order chi connectivity index (χ0) is 14.7. The molecule has 0 radical (unpaired) electrons. The molecule has 0 aliphatic carbocycles. The number of nitrogens with one attached hydrogen (secondary N) is 1. The lowest BCUT2D eigenvalue weighted by molar-refractivity contribution is -0.384. The quantitative estimate of drug-likeness (QED) is 0.648. The Bertz CT molecular complexity index is 674. The van der Waals surface area contributed by atoms with Gasteiger partial charge in [0, 0.05) is 21.5 Å². The van der Waals surface area contributed by atoms with Crippen molar-refractivity contribution in [1.29, 1.82) is 0 Å². The van der Waals surface area contributed by atoms with Crippen LogP contribution >= 0.6 is 38.9 Å². The summed E-state index contributed by atoms with van der Waals surface area (Å²) in [5.74, 6) is -0.384. The second kappa shape index (κ2) is 6.34. The van der Waals surface area contributed by atoms with Crippen molar-refractivity contribution in [3.8, 4) is 0 Å². The summed E-state index contributed by atoms with van der Waals surface area (Å²) in [4.78, 5) is 23.1. The van der Waals surface area contributed by atoms with E-state index in [0.29, 0.717) is 15.4 Å². The van der Waals surface area contributed by atoms with Crippen LogP contribution in [0.4, 0.5) is 5.69 Å². The minimum atomic E-state index is -0.539. The predicted octanol–water partition coefficient (Wildman–Crippen LogP) is 4.00. The molecule has 2 rings (SSSR count). The van der Waals surface area contributed by atoms with Crippen molar-refractivity contribution in [3.63, 3.8) is 0 Å². The number of carbonyl (C=O) groups is 1. The molecule has 5 nitrogen and oxygen atoms in total. The van der Waals surface area contributed by atoms with E-state index in [1.165, 1.54) is 29.5 Å². The second-order valence-electron chi connectivity index (χ2n) is 3.81. The van der Waals surface area contributed by atoms with Crippen LogP contribution in [0.5, 0.6) is 0 Å². The molecule has 2 aromatic rings. The normalized spacial score (nSPS) is 10.3. The molecule has 20 heavy (non-hydrogen) atoms. The molecular formula is C12H8BrClN2O3S. The first-order chi connectivity index (χ1) is 9.47. The van der Waals surface area contributed by atoms with Gasteiger partial charge in [0.15, 0.2) is 0 Å². The number of halogens is 2. The number of thiophene rings is 1. The molecule has 0 saturated carbocycles. The molecule has 8 heteroatoms. The molecule has 0 atom stereocenters. The average molecular weight is 376 g/mol. The average Bonchev–Trinajstić information content (AvgIpc) is 2.82. The zero-order valence-corrected chi connectivity index (χ0v) is 13.1. The van der Waals surface area contributed by atoms with Crippen LogP contribution in [0.25, 0.3) is 0 Å². The summed E-state index contributed by atoms with van der Waals surface area (Å²) in [6, 6.07) is 7.61. The highest BCUT2D eigenvalue weighted by Gasteiger charge is 2.15. The van der Waals surface area contributed by atoms with Crippen LogP contribution in [0.3, 0.4) is 0 Å². The lowest BCUT2D eigenvalue weighted by Gasteiger charge is -2.05. The molecular weight excluding hydrogens is 368 g/mol. The van der Waals surface area contributed by atoms with Crippen molar-refractivity contribution < 1.29 is 9.72 Å². The Kier molecular flexibility index (Phi) is 4.74. The molecule has 1 amide bonds. The number of hydrogen-bond acceptors (Lipinski definition) is 4. The van der Waals surface area contributed by atoms with Crippen molar-refractivity contribution in [2.24, 2.45) is 0 Å². The fraction of sp³-hybridized carbons (Fsp3) is 0.0833. The van der Waals surface area contributed by atoms with E-state index in [4.69, 9.17) is 11.6 Å². The van der Waals surface area contributed by atoms with Crippen molar-refractivity contribution >= 4 is 50.5 Å². The molecule has 104 valence electrons. The summed E-state index contributed by atoms with van der Waals surface area (Å²) in [5, 5.41) is 13.4. The summed E-state index contributed by atoms with van der Waals surface area (Å²) in [7, 11) is 0. The zero-order valence-electron chi connectivity index (χ0n) is 9.93. The Morgan fingerprint density at radius 1 is 1.40 bits per heavy atom. The number of non-ortho nitro benzene ring substituents is 1. The Balaban J connectivity index is 2.12. The fourth-order valence-electron chi connectivity index (χ4n) is 1.51. The number of benzene rings is 1. The van der Waals surface area contributed by atoms with E-state index in [1.54, 1.807) is 6.07 Å². The molecule has 0 bridgehead atoms. The van der Waals surface area contributed by atoms with Gasteiger partial charge in [-0.3, -0.25) is 14.9 Å². The number of hydrogen-bond donors (Lipinski definition) is 1. The molecule has 1 N–H and O–H groups in total. The number of amides is 1. The summed E-state index contributed by atoms with van der Waals surface area (Å²) in [6.07, 6.45) is 0. The topological polar surface area (TPSA) is 72.2 Å². The van der Waals surface area contributed by atoms with Gasteiger partial charge in [-0.15, -0.1) is 11.3 Å². The standard InChI is InChI=1S/C12H8BrClN2O3S/c13-10-3-1-7(16(18)19)5-9(10)12(17)15-6-8-2-4-11(14)20-8/h1-5H,6H2,(H,15,17). The number of nitrogens with zero attached hydrogens (tertiary/aromatic N) is 1. The Hall–Kier alpha value is -1.44. The molecule has 0 aliphatic heterocycles. The van der Waals surface area contributed by atoms with Gasteiger partial charge >= 0.3 is 0 Å². The minimum Gasteiger partial charge on any atom is -0.347 e. The Morgan fingerprint density at radius 3 is 2.75 bits per heavy atom. The third kappa shape index (κ3) is 3.56. The highest BCUT2D eigenvalue weighted by molar-refractivity contribution is 9.10. The Morgan fingerprint density at radius 2 is 2.15 bits per heavy atom. The van der Waals surface area contributed by atoms with Gasteiger partial charge in [0.25, 0.3) is 11.6 Å². The van der Waals surface area contributed by atoms with E-state index in [2.05, 4.69) is 21.2 Å². The lowest BCUT2D eigenvalue weighted by atomic mass is 10.2. The maximum atomic E-state index is 12.0. The highest BCUT2D eigenvalue weighted by atomic mass is 79.9. The molecule has 0 unspecified atom stereocenters. The van der Waals surface area contributed by atoms with Crippen LogP contribution in [0.1, 0.15) is 15.2 Å². The number of nitro benzene ring substituents is 1. The first-order valence-electron chi connectivity index (χ1n) is 5.43. The Labute approximate surface area is 131 Å². The van der Waals surface area contributed by atoms with Gasteiger partial charge in [0.05, 0.1) is 21.4 Å². The van der Waals surface area contributed by atoms with Crippen LogP contribution in [-0.2, 0) is 6.54 Å². The number of nitro groups is 1. The van der Waals surface area contributed by atoms with Crippen molar-refractivity contribution in [2.75, 3.05) is 0 Å². The molecule has 0 spiro atoms. The minimum absolute atomic E-state index is 0.127. The smallest absolute Gasteiger partial charge is 0.270 e. The maximum absolute atomic E-state index is 12.0. The molecule has 0 saturated heterocycles. The van der Waals surface area contributed by atoms with E-state index in [9.17, 15) is 14.9 Å².